The number of rotatable bonds is 3. The highest BCUT2D eigenvalue weighted by Gasteiger charge is 2.42. The maximum absolute atomic E-state index is 12.2. The van der Waals surface area contributed by atoms with Crippen LogP contribution < -0.4 is 10.6 Å². The third-order valence-corrected chi connectivity index (χ3v) is 4.03. The average Bonchev–Trinajstić information content (AvgIpc) is 2.49. The van der Waals surface area contributed by atoms with E-state index in [1.165, 1.54) is 7.11 Å². The van der Waals surface area contributed by atoms with Crippen LogP contribution in [0.25, 0.3) is 0 Å². The SMILES string of the molecule is COC(=O)C1(NC(=O)Nc2ccccc2C)CCCCC1. The zero-order valence-electron chi connectivity index (χ0n) is 12.6. The Bertz CT molecular complexity index is 522. The molecule has 5 heteroatoms. The van der Waals surface area contributed by atoms with Crippen molar-refractivity contribution in [3.05, 3.63) is 29.8 Å². The molecule has 1 saturated carbocycles. The summed E-state index contributed by atoms with van der Waals surface area (Å²) in [6, 6.07) is 7.17. The molecule has 1 fully saturated rings. The van der Waals surface area contributed by atoms with Crippen LogP contribution in [0.5, 0.6) is 0 Å². The highest BCUT2D eigenvalue weighted by atomic mass is 16.5. The second-order valence-electron chi connectivity index (χ2n) is 5.53. The van der Waals surface area contributed by atoms with E-state index in [4.69, 9.17) is 4.74 Å². The Kier molecular flexibility index (Phi) is 4.83. The number of methoxy groups -OCH3 is 1. The van der Waals surface area contributed by atoms with Crippen molar-refractivity contribution in [2.75, 3.05) is 12.4 Å². The number of hydrogen-bond acceptors (Lipinski definition) is 3. The van der Waals surface area contributed by atoms with Gasteiger partial charge in [0, 0.05) is 5.69 Å². The molecule has 114 valence electrons. The van der Waals surface area contributed by atoms with E-state index >= 15 is 0 Å². The number of esters is 1. The molecule has 0 heterocycles. The van der Waals surface area contributed by atoms with E-state index in [0.717, 1.165) is 30.5 Å². The van der Waals surface area contributed by atoms with Gasteiger partial charge in [0.25, 0.3) is 0 Å². The molecule has 5 nitrogen and oxygen atoms in total. The van der Waals surface area contributed by atoms with Gasteiger partial charge in [-0.25, -0.2) is 9.59 Å². The first-order valence-electron chi connectivity index (χ1n) is 7.31. The van der Waals surface area contributed by atoms with Crippen molar-refractivity contribution < 1.29 is 14.3 Å². The lowest BCUT2D eigenvalue weighted by Crippen LogP contribution is -2.57. The number of benzene rings is 1. The van der Waals surface area contributed by atoms with Crippen LogP contribution in [-0.2, 0) is 9.53 Å². The van der Waals surface area contributed by atoms with Gasteiger partial charge >= 0.3 is 12.0 Å². The number of carbonyl (C=O) groups is 2. The number of amides is 2. The van der Waals surface area contributed by atoms with E-state index in [9.17, 15) is 9.59 Å². The molecule has 21 heavy (non-hydrogen) atoms. The predicted octanol–water partition coefficient (Wildman–Crippen LogP) is 2.99. The Morgan fingerprint density at radius 2 is 1.81 bits per heavy atom. The zero-order valence-corrected chi connectivity index (χ0v) is 12.6. The van der Waals surface area contributed by atoms with Gasteiger partial charge in [0.2, 0.25) is 0 Å². The fourth-order valence-corrected chi connectivity index (χ4v) is 2.81. The van der Waals surface area contributed by atoms with Gasteiger partial charge in [-0.3, -0.25) is 0 Å². The fraction of sp³-hybridized carbons (Fsp3) is 0.500. The van der Waals surface area contributed by atoms with Gasteiger partial charge in [-0.2, -0.15) is 0 Å². The quantitative estimate of drug-likeness (QED) is 0.841. The Hall–Kier alpha value is -2.04. The molecule has 1 aliphatic carbocycles. The molecule has 0 atom stereocenters. The lowest BCUT2D eigenvalue weighted by molar-refractivity contribution is -0.149. The third kappa shape index (κ3) is 3.54. The molecule has 1 aromatic carbocycles. The first kappa shape index (κ1) is 15.4. The van der Waals surface area contributed by atoms with E-state index in [0.29, 0.717) is 12.8 Å². The summed E-state index contributed by atoms with van der Waals surface area (Å²) < 4.78 is 4.89. The van der Waals surface area contributed by atoms with Crippen molar-refractivity contribution >= 4 is 17.7 Å². The molecule has 2 rings (SSSR count). The van der Waals surface area contributed by atoms with Crippen LogP contribution in [0.2, 0.25) is 0 Å². The summed E-state index contributed by atoms with van der Waals surface area (Å²) in [5.41, 5.74) is 0.828. The number of carbonyl (C=O) groups excluding carboxylic acids is 2. The van der Waals surface area contributed by atoms with Crippen LogP contribution in [0.4, 0.5) is 10.5 Å². The molecule has 0 aliphatic heterocycles. The first-order valence-corrected chi connectivity index (χ1v) is 7.31. The standard InChI is InChI=1S/C16H22N2O3/c1-12-8-4-5-9-13(12)17-15(20)18-16(14(19)21-2)10-6-3-7-11-16/h4-5,8-9H,3,6-7,10-11H2,1-2H3,(H2,17,18,20). The minimum atomic E-state index is -0.889. The Morgan fingerprint density at radius 3 is 2.43 bits per heavy atom. The van der Waals surface area contributed by atoms with Gasteiger partial charge in [0.05, 0.1) is 7.11 Å². The van der Waals surface area contributed by atoms with Crippen LogP contribution in [0.3, 0.4) is 0 Å². The Balaban J connectivity index is 2.08. The molecule has 1 aliphatic rings. The van der Waals surface area contributed by atoms with E-state index in [1.54, 1.807) is 0 Å². The van der Waals surface area contributed by atoms with E-state index < -0.39 is 5.54 Å². The number of ether oxygens (including phenoxy) is 1. The molecule has 2 amide bonds. The number of hydrogen-bond donors (Lipinski definition) is 2. The number of anilines is 1. The lowest BCUT2D eigenvalue weighted by Gasteiger charge is -2.35. The Labute approximate surface area is 125 Å². The van der Waals surface area contributed by atoms with Crippen molar-refractivity contribution in [1.29, 1.82) is 0 Å². The van der Waals surface area contributed by atoms with Gasteiger partial charge in [-0.15, -0.1) is 0 Å². The number of aryl methyl sites for hydroxylation is 1. The topological polar surface area (TPSA) is 67.4 Å². The normalized spacial score (nSPS) is 16.9. The highest BCUT2D eigenvalue weighted by Crippen LogP contribution is 2.29. The second-order valence-corrected chi connectivity index (χ2v) is 5.53. The maximum atomic E-state index is 12.2. The maximum Gasteiger partial charge on any atom is 0.331 e. The molecule has 0 unspecified atom stereocenters. The van der Waals surface area contributed by atoms with Crippen molar-refractivity contribution in [3.63, 3.8) is 0 Å². The Morgan fingerprint density at radius 1 is 1.14 bits per heavy atom. The van der Waals surface area contributed by atoms with Gasteiger partial charge in [0.1, 0.15) is 5.54 Å². The fourth-order valence-electron chi connectivity index (χ4n) is 2.81. The molecule has 2 N–H and O–H groups in total. The van der Waals surface area contributed by atoms with Gasteiger partial charge in [-0.05, 0) is 31.4 Å². The molecule has 0 saturated heterocycles. The summed E-state index contributed by atoms with van der Waals surface area (Å²) in [7, 11) is 1.36. The molecular weight excluding hydrogens is 268 g/mol. The largest absolute Gasteiger partial charge is 0.467 e. The van der Waals surface area contributed by atoms with E-state index in [-0.39, 0.29) is 12.0 Å². The lowest BCUT2D eigenvalue weighted by atomic mass is 9.81. The number of para-hydroxylation sites is 1. The minimum absolute atomic E-state index is 0.359. The molecule has 0 spiro atoms. The number of nitrogens with one attached hydrogen (secondary N) is 2. The van der Waals surface area contributed by atoms with Crippen molar-refractivity contribution in [2.45, 2.75) is 44.6 Å². The smallest absolute Gasteiger partial charge is 0.331 e. The van der Waals surface area contributed by atoms with E-state index in [1.807, 2.05) is 31.2 Å². The van der Waals surface area contributed by atoms with E-state index in [2.05, 4.69) is 10.6 Å². The van der Waals surface area contributed by atoms with Gasteiger partial charge in [-0.1, -0.05) is 37.5 Å². The molecule has 0 bridgehead atoms. The number of urea groups is 1. The van der Waals surface area contributed by atoms with Crippen LogP contribution in [0.1, 0.15) is 37.7 Å². The predicted molar refractivity (Wildman–Crippen MR) is 81.2 cm³/mol. The summed E-state index contributed by atoms with van der Waals surface area (Å²) >= 11 is 0. The minimum Gasteiger partial charge on any atom is -0.467 e. The molecule has 1 aromatic rings. The first-order chi connectivity index (χ1) is 10.1. The molecule has 0 aromatic heterocycles. The van der Waals surface area contributed by atoms with Crippen LogP contribution in [0, 0.1) is 6.92 Å². The third-order valence-electron chi connectivity index (χ3n) is 4.03. The van der Waals surface area contributed by atoms with Crippen molar-refractivity contribution in [2.24, 2.45) is 0 Å². The van der Waals surface area contributed by atoms with Crippen LogP contribution in [-0.4, -0.2) is 24.6 Å². The second kappa shape index (κ2) is 6.61. The van der Waals surface area contributed by atoms with Gasteiger partial charge < -0.3 is 15.4 Å². The molecular formula is C16H22N2O3. The monoisotopic (exact) mass is 290 g/mol. The summed E-state index contributed by atoms with van der Waals surface area (Å²) in [6.07, 6.45) is 4.17. The highest BCUT2D eigenvalue weighted by molar-refractivity contribution is 5.94. The summed E-state index contributed by atoms with van der Waals surface area (Å²) in [6.45, 7) is 1.92. The van der Waals surface area contributed by atoms with Crippen LogP contribution >= 0.6 is 0 Å². The van der Waals surface area contributed by atoms with Gasteiger partial charge in [0.15, 0.2) is 0 Å². The summed E-state index contributed by atoms with van der Waals surface area (Å²) in [5.74, 6) is -0.359. The van der Waals surface area contributed by atoms with Crippen LogP contribution in [0.15, 0.2) is 24.3 Å². The molecule has 0 radical (unpaired) electrons. The van der Waals surface area contributed by atoms with Crippen molar-refractivity contribution in [1.82, 2.24) is 5.32 Å². The summed E-state index contributed by atoms with van der Waals surface area (Å²) in [4.78, 5) is 24.3. The zero-order chi connectivity index (χ0) is 15.3. The summed E-state index contributed by atoms with van der Waals surface area (Å²) in [5, 5.41) is 5.64. The van der Waals surface area contributed by atoms with Crippen molar-refractivity contribution in [3.8, 4) is 0 Å². The average molecular weight is 290 g/mol.